The molecule has 0 radical (unpaired) electrons. The molecule has 15 heavy (non-hydrogen) atoms. The van der Waals surface area contributed by atoms with E-state index in [9.17, 15) is 0 Å². The summed E-state index contributed by atoms with van der Waals surface area (Å²) in [6.07, 6.45) is -0.399. The van der Waals surface area contributed by atoms with Gasteiger partial charge in [0.1, 0.15) is 0 Å². The van der Waals surface area contributed by atoms with Gasteiger partial charge in [0.15, 0.2) is 17.7 Å². The van der Waals surface area contributed by atoms with Gasteiger partial charge in [-0.3, -0.25) is 0 Å². The minimum absolute atomic E-state index is 0.373. The number of nitrogen functional groups attached to an aromatic ring is 1. The van der Waals surface area contributed by atoms with Crippen LogP contribution < -0.4 is 5.73 Å². The number of ether oxygens (including phenoxy) is 2. The average molecular weight is 208 g/mol. The van der Waals surface area contributed by atoms with Crippen molar-refractivity contribution >= 4 is 16.8 Å². The lowest BCUT2D eigenvalue weighted by Crippen LogP contribution is -2.03. The molecule has 0 saturated heterocycles. The maximum absolute atomic E-state index is 5.64. The number of anilines is 1. The third-order valence-electron chi connectivity index (χ3n) is 2.22. The van der Waals surface area contributed by atoms with Gasteiger partial charge in [0, 0.05) is 19.8 Å². The maximum atomic E-state index is 5.64. The highest BCUT2D eigenvalue weighted by Crippen LogP contribution is 2.25. The molecule has 0 aliphatic carbocycles. The monoisotopic (exact) mass is 208 g/mol. The van der Waals surface area contributed by atoms with Crippen molar-refractivity contribution in [1.82, 2.24) is 5.16 Å². The van der Waals surface area contributed by atoms with E-state index < -0.39 is 6.29 Å². The summed E-state index contributed by atoms with van der Waals surface area (Å²) in [5.41, 5.74) is 7.17. The first-order valence-electron chi connectivity index (χ1n) is 4.46. The van der Waals surface area contributed by atoms with Crippen molar-refractivity contribution in [2.45, 2.75) is 6.29 Å². The predicted molar refractivity (Wildman–Crippen MR) is 55.2 cm³/mol. The third kappa shape index (κ3) is 1.67. The Labute approximate surface area is 86.7 Å². The molecule has 1 aromatic heterocycles. The van der Waals surface area contributed by atoms with Crippen LogP contribution in [0.4, 0.5) is 5.82 Å². The van der Waals surface area contributed by atoms with Crippen LogP contribution in [0.5, 0.6) is 0 Å². The van der Waals surface area contributed by atoms with Crippen LogP contribution in [0.3, 0.4) is 0 Å². The van der Waals surface area contributed by atoms with Gasteiger partial charge in [0.25, 0.3) is 0 Å². The zero-order valence-electron chi connectivity index (χ0n) is 8.56. The van der Waals surface area contributed by atoms with Gasteiger partial charge in [0.05, 0.1) is 5.39 Å². The highest BCUT2D eigenvalue weighted by atomic mass is 16.7. The van der Waals surface area contributed by atoms with Gasteiger partial charge in [-0.1, -0.05) is 11.2 Å². The van der Waals surface area contributed by atoms with E-state index in [-0.39, 0.29) is 0 Å². The van der Waals surface area contributed by atoms with E-state index in [0.717, 1.165) is 10.9 Å². The second kappa shape index (κ2) is 3.88. The van der Waals surface area contributed by atoms with Gasteiger partial charge in [0.2, 0.25) is 0 Å². The second-order valence-electron chi connectivity index (χ2n) is 3.13. The number of methoxy groups -OCH3 is 2. The standard InChI is InChI=1S/C10H12N2O3/c1-13-10(14-2)6-3-4-8-7(5-6)9(11)12-15-8/h3-5,10H,1-2H3,(H2,11,12). The SMILES string of the molecule is COC(OC)c1ccc2onc(N)c2c1. The number of rotatable bonds is 3. The summed E-state index contributed by atoms with van der Waals surface area (Å²) in [4.78, 5) is 0. The Bertz CT molecular complexity index is 463. The normalized spacial score (nSPS) is 11.4. The minimum atomic E-state index is -0.399. The molecule has 2 N–H and O–H groups in total. The molecule has 1 heterocycles. The zero-order valence-corrected chi connectivity index (χ0v) is 8.56. The number of hydrogen-bond donors (Lipinski definition) is 1. The lowest BCUT2D eigenvalue weighted by molar-refractivity contribution is -0.105. The summed E-state index contributed by atoms with van der Waals surface area (Å²) in [6, 6.07) is 5.49. The van der Waals surface area contributed by atoms with Crippen LogP contribution in [0.1, 0.15) is 11.9 Å². The van der Waals surface area contributed by atoms with Gasteiger partial charge >= 0.3 is 0 Å². The topological polar surface area (TPSA) is 70.5 Å². The summed E-state index contributed by atoms with van der Waals surface area (Å²) in [5.74, 6) is 0.373. The van der Waals surface area contributed by atoms with E-state index in [1.165, 1.54) is 0 Å². The van der Waals surface area contributed by atoms with Crippen molar-refractivity contribution < 1.29 is 14.0 Å². The van der Waals surface area contributed by atoms with Gasteiger partial charge in [-0.05, 0) is 12.1 Å². The van der Waals surface area contributed by atoms with Crippen LogP contribution in [0.25, 0.3) is 11.0 Å². The molecular formula is C10H12N2O3. The summed E-state index contributed by atoms with van der Waals surface area (Å²) in [7, 11) is 3.16. The molecule has 5 heteroatoms. The Hall–Kier alpha value is -1.59. The molecule has 0 fully saturated rings. The Morgan fingerprint density at radius 3 is 2.73 bits per heavy atom. The molecule has 0 aliphatic rings. The van der Waals surface area contributed by atoms with Crippen LogP contribution in [0.15, 0.2) is 22.7 Å². The molecular weight excluding hydrogens is 196 g/mol. The Kier molecular flexibility index (Phi) is 2.57. The summed E-state index contributed by atoms with van der Waals surface area (Å²) >= 11 is 0. The van der Waals surface area contributed by atoms with Gasteiger partial charge in [-0.25, -0.2) is 0 Å². The van der Waals surface area contributed by atoms with Crippen LogP contribution in [-0.2, 0) is 9.47 Å². The molecule has 5 nitrogen and oxygen atoms in total. The largest absolute Gasteiger partial charge is 0.380 e. The number of aromatic nitrogens is 1. The van der Waals surface area contributed by atoms with Crippen molar-refractivity contribution in [2.75, 3.05) is 20.0 Å². The fourth-order valence-electron chi connectivity index (χ4n) is 1.49. The number of nitrogens with zero attached hydrogens (tertiary/aromatic N) is 1. The van der Waals surface area contributed by atoms with Crippen molar-refractivity contribution in [2.24, 2.45) is 0 Å². The second-order valence-corrected chi connectivity index (χ2v) is 3.13. The van der Waals surface area contributed by atoms with Crippen molar-refractivity contribution in [1.29, 1.82) is 0 Å². The highest BCUT2D eigenvalue weighted by Gasteiger charge is 2.12. The number of nitrogens with two attached hydrogens (primary N) is 1. The lowest BCUT2D eigenvalue weighted by Gasteiger charge is -2.13. The molecule has 0 aliphatic heterocycles. The average Bonchev–Trinajstić information content (AvgIpc) is 2.62. The zero-order chi connectivity index (χ0) is 10.8. The van der Waals surface area contributed by atoms with E-state index in [4.69, 9.17) is 19.7 Å². The molecule has 0 spiro atoms. The quantitative estimate of drug-likeness (QED) is 0.777. The predicted octanol–water partition coefficient (Wildman–Crippen LogP) is 1.70. The fourth-order valence-corrected chi connectivity index (χ4v) is 1.49. The first kappa shape index (κ1) is 9.95. The summed E-state index contributed by atoms with van der Waals surface area (Å²) in [6.45, 7) is 0. The molecule has 80 valence electrons. The Balaban J connectivity index is 2.49. The number of fused-ring (bicyclic) bond motifs is 1. The van der Waals surface area contributed by atoms with E-state index in [1.807, 2.05) is 12.1 Å². The van der Waals surface area contributed by atoms with Gasteiger partial charge < -0.3 is 19.7 Å². The Morgan fingerprint density at radius 2 is 2.07 bits per heavy atom. The summed E-state index contributed by atoms with van der Waals surface area (Å²) in [5, 5.41) is 4.44. The first-order valence-corrected chi connectivity index (χ1v) is 4.46. The van der Waals surface area contributed by atoms with E-state index in [2.05, 4.69) is 5.16 Å². The first-order chi connectivity index (χ1) is 7.26. The molecule has 0 saturated carbocycles. The smallest absolute Gasteiger partial charge is 0.183 e. The molecule has 0 atom stereocenters. The molecule has 0 bridgehead atoms. The van der Waals surface area contributed by atoms with Gasteiger partial charge in [-0.15, -0.1) is 0 Å². The molecule has 2 aromatic rings. The fraction of sp³-hybridized carbons (Fsp3) is 0.300. The third-order valence-corrected chi connectivity index (χ3v) is 2.22. The van der Waals surface area contributed by atoms with Crippen LogP contribution in [0, 0.1) is 0 Å². The molecule has 1 aromatic carbocycles. The Morgan fingerprint density at radius 1 is 1.33 bits per heavy atom. The van der Waals surface area contributed by atoms with Crippen LogP contribution >= 0.6 is 0 Å². The number of hydrogen-bond acceptors (Lipinski definition) is 5. The van der Waals surface area contributed by atoms with Crippen molar-refractivity contribution in [3.8, 4) is 0 Å². The number of benzene rings is 1. The molecule has 2 rings (SSSR count). The van der Waals surface area contributed by atoms with E-state index in [0.29, 0.717) is 11.4 Å². The van der Waals surface area contributed by atoms with Crippen molar-refractivity contribution in [3.63, 3.8) is 0 Å². The highest BCUT2D eigenvalue weighted by molar-refractivity contribution is 5.87. The van der Waals surface area contributed by atoms with E-state index in [1.54, 1.807) is 20.3 Å². The van der Waals surface area contributed by atoms with Crippen molar-refractivity contribution in [3.05, 3.63) is 23.8 Å². The van der Waals surface area contributed by atoms with Crippen LogP contribution in [-0.4, -0.2) is 19.4 Å². The maximum Gasteiger partial charge on any atom is 0.183 e. The van der Waals surface area contributed by atoms with Crippen LogP contribution in [0.2, 0.25) is 0 Å². The lowest BCUT2D eigenvalue weighted by atomic mass is 10.1. The van der Waals surface area contributed by atoms with E-state index >= 15 is 0 Å². The van der Waals surface area contributed by atoms with Gasteiger partial charge in [-0.2, -0.15) is 0 Å². The summed E-state index contributed by atoms with van der Waals surface area (Å²) < 4.78 is 15.3. The molecule has 0 amide bonds. The molecule has 0 unspecified atom stereocenters. The minimum Gasteiger partial charge on any atom is -0.380 e.